The average Bonchev–Trinajstić information content (AvgIpc) is 2.75. The first-order valence-electron chi connectivity index (χ1n) is 5.58. The second kappa shape index (κ2) is 5.79. The van der Waals surface area contributed by atoms with Gasteiger partial charge in [0.05, 0.1) is 10.7 Å². The number of carbonyl (C=O) groups excluding carboxylic acids is 1. The smallest absolute Gasteiger partial charge is 0.319 e. The Kier molecular flexibility index (Phi) is 4.41. The van der Waals surface area contributed by atoms with Crippen molar-refractivity contribution in [2.75, 3.05) is 5.32 Å². The molecule has 10 heteroatoms. The van der Waals surface area contributed by atoms with Crippen LogP contribution in [0.15, 0.2) is 24.3 Å². The summed E-state index contributed by atoms with van der Waals surface area (Å²) in [6.45, 7) is 1.85. The van der Waals surface area contributed by atoms with Crippen molar-refractivity contribution in [3.05, 3.63) is 45.7 Å². The number of aromatic nitrogens is 2. The van der Waals surface area contributed by atoms with Crippen LogP contribution in [0.4, 0.5) is 5.69 Å². The van der Waals surface area contributed by atoms with Crippen molar-refractivity contribution in [3.8, 4) is 0 Å². The predicted octanol–water partition coefficient (Wildman–Crippen LogP) is 2.69. The summed E-state index contributed by atoms with van der Waals surface area (Å²) in [6.07, 6.45) is 0. The molecule has 3 N–H and O–H groups in total. The maximum absolute atomic E-state index is 12.0. The summed E-state index contributed by atoms with van der Waals surface area (Å²) in [5.41, 5.74) is 1.04. The summed E-state index contributed by atoms with van der Waals surface area (Å²) < 4.78 is 11.4. The van der Waals surface area contributed by atoms with Gasteiger partial charge in [-0.3, -0.25) is 4.79 Å². The molecule has 0 saturated heterocycles. The third-order valence-electron chi connectivity index (χ3n) is 2.50. The molecule has 112 valence electrons. The zero-order chi connectivity index (χ0) is 15.8. The van der Waals surface area contributed by atoms with E-state index in [2.05, 4.69) is 10.4 Å². The van der Waals surface area contributed by atoms with E-state index < -0.39 is 13.7 Å². The van der Waals surface area contributed by atoms with Crippen LogP contribution in [0.1, 0.15) is 16.1 Å². The minimum atomic E-state index is -4.71. The second-order valence-corrected chi connectivity index (χ2v) is 6.39. The molecular formula is C11H10Cl2N3O4P. The van der Waals surface area contributed by atoms with Gasteiger partial charge in [0.25, 0.3) is 5.91 Å². The van der Waals surface area contributed by atoms with E-state index in [1.54, 1.807) is 18.2 Å². The van der Waals surface area contributed by atoms with Gasteiger partial charge in [-0.15, -0.1) is 0 Å². The fraction of sp³-hybridized carbons (Fsp3) is 0.0909. The molecular weight excluding hydrogens is 340 g/mol. The van der Waals surface area contributed by atoms with E-state index >= 15 is 0 Å². The first-order valence-corrected chi connectivity index (χ1v) is 7.90. The molecule has 2 aromatic rings. The molecule has 1 aromatic heterocycles. The molecule has 0 spiro atoms. The maximum Gasteiger partial charge on any atom is 0.451 e. The van der Waals surface area contributed by atoms with Gasteiger partial charge in [-0.1, -0.05) is 29.3 Å². The Morgan fingerprint density at radius 2 is 2.00 bits per heavy atom. The number of halogens is 2. The molecule has 0 aliphatic heterocycles. The molecule has 0 saturated carbocycles. The van der Waals surface area contributed by atoms with E-state index in [0.29, 0.717) is 10.7 Å². The zero-order valence-corrected chi connectivity index (χ0v) is 13.0. The van der Waals surface area contributed by atoms with E-state index in [-0.39, 0.29) is 15.3 Å². The minimum Gasteiger partial charge on any atom is -0.319 e. The number of amides is 1. The summed E-state index contributed by atoms with van der Waals surface area (Å²) in [5, 5.41) is 5.97. The first kappa shape index (κ1) is 16.0. The highest BCUT2D eigenvalue weighted by Crippen LogP contribution is 2.39. The Morgan fingerprint density at radius 3 is 2.52 bits per heavy atom. The van der Waals surface area contributed by atoms with Crippen LogP contribution in [0.25, 0.3) is 0 Å². The second-order valence-electron chi connectivity index (χ2n) is 4.19. The van der Waals surface area contributed by atoms with Crippen LogP contribution in [-0.2, 0) is 4.57 Å². The third kappa shape index (κ3) is 3.64. The standard InChI is InChI=1S/C11H10Cl2N3O4P/c1-6-2-3-8(7(12)4-6)14-11(17)9-5-10(13)16(15-9)21(18,19)20/h2-5H,1H3,(H,14,17)(H2,18,19,20). The van der Waals surface area contributed by atoms with Crippen molar-refractivity contribution in [1.82, 2.24) is 9.55 Å². The van der Waals surface area contributed by atoms with Crippen LogP contribution in [0, 0.1) is 6.92 Å². The number of nitrogens with zero attached hydrogens (tertiary/aromatic N) is 2. The van der Waals surface area contributed by atoms with Gasteiger partial charge in [-0.2, -0.15) is 9.55 Å². The summed E-state index contributed by atoms with van der Waals surface area (Å²) in [4.78, 5) is 30.0. The lowest BCUT2D eigenvalue weighted by atomic mass is 10.2. The van der Waals surface area contributed by atoms with E-state index in [4.69, 9.17) is 33.0 Å². The fourth-order valence-electron chi connectivity index (χ4n) is 1.55. The van der Waals surface area contributed by atoms with Gasteiger partial charge in [0, 0.05) is 6.07 Å². The monoisotopic (exact) mass is 349 g/mol. The normalized spacial score (nSPS) is 11.5. The summed E-state index contributed by atoms with van der Waals surface area (Å²) in [6, 6.07) is 6.08. The van der Waals surface area contributed by atoms with Gasteiger partial charge < -0.3 is 15.1 Å². The van der Waals surface area contributed by atoms with Crippen LogP contribution < -0.4 is 5.32 Å². The first-order chi connectivity index (χ1) is 9.68. The largest absolute Gasteiger partial charge is 0.451 e. The highest BCUT2D eigenvalue weighted by molar-refractivity contribution is 7.50. The number of carbonyl (C=O) groups is 1. The Balaban J connectivity index is 2.27. The zero-order valence-electron chi connectivity index (χ0n) is 10.6. The lowest BCUT2D eigenvalue weighted by molar-refractivity contribution is 0.102. The van der Waals surface area contributed by atoms with Crippen LogP contribution in [0.5, 0.6) is 0 Å². The average molecular weight is 350 g/mol. The molecule has 1 heterocycles. The van der Waals surface area contributed by atoms with Crippen molar-refractivity contribution < 1.29 is 19.1 Å². The van der Waals surface area contributed by atoms with Crippen molar-refractivity contribution >= 4 is 42.5 Å². The molecule has 1 amide bonds. The van der Waals surface area contributed by atoms with Crippen molar-refractivity contribution in [3.63, 3.8) is 0 Å². The fourth-order valence-corrected chi connectivity index (χ4v) is 2.79. The van der Waals surface area contributed by atoms with Crippen LogP contribution in [0.2, 0.25) is 10.2 Å². The van der Waals surface area contributed by atoms with E-state index in [0.717, 1.165) is 11.6 Å². The van der Waals surface area contributed by atoms with Gasteiger partial charge in [0.1, 0.15) is 5.15 Å². The van der Waals surface area contributed by atoms with Gasteiger partial charge in [0.2, 0.25) is 0 Å². The molecule has 0 aliphatic carbocycles. The van der Waals surface area contributed by atoms with Crippen LogP contribution >= 0.6 is 30.9 Å². The Hall–Kier alpha value is -1.37. The minimum absolute atomic E-state index is 0.236. The SMILES string of the molecule is Cc1ccc(NC(=O)c2cc(Cl)n(P(=O)(O)O)n2)c(Cl)c1. The molecule has 0 unspecified atom stereocenters. The Labute approximate surface area is 129 Å². The highest BCUT2D eigenvalue weighted by atomic mass is 35.5. The lowest BCUT2D eigenvalue weighted by Crippen LogP contribution is -2.13. The van der Waals surface area contributed by atoms with Crippen LogP contribution in [0.3, 0.4) is 0 Å². The molecule has 21 heavy (non-hydrogen) atoms. The third-order valence-corrected chi connectivity index (χ3v) is 4.00. The molecule has 0 bridgehead atoms. The topological polar surface area (TPSA) is 104 Å². The molecule has 0 fully saturated rings. The summed E-state index contributed by atoms with van der Waals surface area (Å²) in [5.74, 6) is -0.685. The number of anilines is 1. The Bertz CT molecular complexity index is 756. The molecule has 7 nitrogen and oxygen atoms in total. The lowest BCUT2D eigenvalue weighted by Gasteiger charge is -2.06. The summed E-state index contributed by atoms with van der Waals surface area (Å²) in [7, 11) is -4.71. The summed E-state index contributed by atoms with van der Waals surface area (Å²) >= 11 is 11.6. The number of aryl methyl sites for hydroxylation is 1. The van der Waals surface area contributed by atoms with Crippen molar-refractivity contribution in [2.24, 2.45) is 0 Å². The molecule has 2 rings (SSSR count). The molecule has 0 radical (unpaired) electrons. The van der Waals surface area contributed by atoms with Crippen molar-refractivity contribution in [1.29, 1.82) is 0 Å². The number of rotatable bonds is 3. The number of hydrogen-bond acceptors (Lipinski definition) is 3. The molecule has 0 atom stereocenters. The van der Waals surface area contributed by atoms with Gasteiger partial charge in [-0.25, -0.2) is 4.57 Å². The quantitative estimate of drug-likeness (QED) is 0.739. The number of benzene rings is 1. The Morgan fingerprint density at radius 1 is 1.33 bits per heavy atom. The van der Waals surface area contributed by atoms with Gasteiger partial charge in [-0.05, 0) is 24.6 Å². The molecule has 0 aliphatic rings. The van der Waals surface area contributed by atoms with E-state index in [1.165, 1.54) is 0 Å². The van der Waals surface area contributed by atoms with Crippen molar-refractivity contribution in [2.45, 2.75) is 6.92 Å². The molecule has 1 aromatic carbocycles. The predicted molar refractivity (Wildman–Crippen MR) is 78.8 cm³/mol. The number of hydrogen-bond donors (Lipinski definition) is 3. The highest BCUT2D eigenvalue weighted by Gasteiger charge is 2.24. The van der Waals surface area contributed by atoms with Crippen LogP contribution in [-0.4, -0.2) is 25.2 Å². The van der Waals surface area contributed by atoms with E-state index in [9.17, 15) is 9.36 Å². The van der Waals surface area contributed by atoms with E-state index in [1.807, 2.05) is 6.92 Å². The van der Waals surface area contributed by atoms with Gasteiger partial charge >= 0.3 is 7.75 Å². The maximum atomic E-state index is 12.0. The van der Waals surface area contributed by atoms with Gasteiger partial charge in [0.15, 0.2) is 5.69 Å². The number of nitrogens with one attached hydrogen (secondary N) is 1.